The first kappa shape index (κ1) is 30.8. The highest BCUT2D eigenvalue weighted by Crippen LogP contribution is 2.41. The van der Waals surface area contributed by atoms with E-state index in [9.17, 15) is 48.7 Å². The summed E-state index contributed by atoms with van der Waals surface area (Å²) in [4.78, 5) is 23.1. The zero-order valence-electron chi connectivity index (χ0n) is 20.9. The van der Waals surface area contributed by atoms with Crippen LogP contribution in [-0.2, 0) is 19.6 Å². The number of ether oxygens (including phenoxy) is 2. The number of anilines is 2. The van der Waals surface area contributed by atoms with Crippen LogP contribution in [0.2, 0.25) is 0 Å². The fourth-order valence-electron chi connectivity index (χ4n) is 3.52. The fraction of sp³-hybridized carbons (Fsp3) is 0.391. The van der Waals surface area contributed by atoms with Crippen molar-refractivity contribution in [1.82, 2.24) is 5.32 Å². The van der Waals surface area contributed by atoms with Crippen molar-refractivity contribution in [2.75, 3.05) is 16.2 Å². The maximum Gasteiger partial charge on any atom is 0.427 e. The molecule has 0 aromatic heterocycles. The van der Waals surface area contributed by atoms with Crippen LogP contribution < -0.4 is 19.7 Å². The highest BCUT2D eigenvalue weighted by Gasteiger charge is 2.52. The molecule has 3 rings (SSSR count). The van der Waals surface area contributed by atoms with E-state index in [2.05, 4.69) is 4.74 Å². The molecule has 2 aromatic carbocycles. The van der Waals surface area contributed by atoms with Crippen LogP contribution in [0, 0.1) is 5.82 Å². The van der Waals surface area contributed by atoms with E-state index in [0.717, 1.165) is 49.4 Å². The molecule has 1 heterocycles. The summed E-state index contributed by atoms with van der Waals surface area (Å²) >= 11 is 0. The van der Waals surface area contributed by atoms with Gasteiger partial charge in [0.2, 0.25) is 11.5 Å². The van der Waals surface area contributed by atoms with Crippen LogP contribution in [0.3, 0.4) is 0 Å². The van der Waals surface area contributed by atoms with Gasteiger partial charge in [-0.15, -0.1) is 0 Å². The van der Waals surface area contributed by atoms with Gasteiger partial charge in [0.25, 0.3) is 10.0 Å². The molecule has 0 saturated heterocycles. The van der Waals surface area contributed by atoms with Crippen molar-refractivity contribution in [3.63, 3.8) is 0 Å². The van der Waals surface area contributed by atoms with Crippen LogP contribution >= 0.6 is 0 Å². The van der Waals surface area contributed by atoms with Crippen molar-refractivity contribution in [2.45, 2.75) is 55.8 Å². The molecule has 0 radical (unpaired) electrons. The van der Waals surface area contributed by atoms with E-state index in [1.165, 1.54) is 0 Å². The Balaban J connectivity index is 2.05. The van der Waals surface area contributed by atoms with Gasteiger partial charge in [0.05, 0.1) is 17.1 Å². The van der Waals surface area contributed by atoms with E-state index in [-0.39, 0.29) is 5.69 Å². The second-order valence-electron chi connectivity index (χ2n) is 9.07. The summed E-state index contributed by atoms with van der Waals surface area (Å²) < 4.78 is 131. The van der Waals surface area contributed by atoms with Gasteiger partial charge in [0.1, 0.15) is 17.7 Å². The molecule has 0 unspecified atom stereocenters. The molecule has 220 valence electrons. The molecular weight excluding hydrogens is 579 g/mol. The Morgan fingerprint density at radius 1 is 1.05 bits per heavy atom. The maximum atomic E-state index is 13.8. The molecule has 2 amide bonds. The number of sulfonamides is 1. The summed E-state index contributed by atoms with van der Waals surface area (Å²) in [5.74, 6) is -2.31. The molecule has 0 saturated carbocycles. The summed E-state index contributed by atoms with van der Waals surface area (Å²) in [6.45, 7) is 0.999. The predicted octanol–water partition coefficient (Wildman–Crippen LogP) is 4.74. The minimum atomic E-state index is -5.07. The lowest BCUT2D eigenvalue weighted by Gasteiger charge is -2.39. The number of nitrogens with zero attached hydrogens (tertiary/aromatic N) is 1. The number of halogens is 7. The van der Waals surface area contributed by atoms with Crippen molar-refractivity contribution < 1.29 is 58.2 Å². The van der Waals surface area contributed by atoms with E-state index >= 15 is 0 Å². The van der Waals surface area contributed by atoms with Crippen molar-refractivity contribution >= 4 is 33.4 Å². The number of hydrogen-bond donors (Lipinski definition) is 2. The van der Waals surface area contributed by atoms with Gasteiger partial charge in [0, 0.05) is 12.6 Å². The molecule has 0 aliphatic carbocycles. The molecule has 0 spiro atoms. The molecule has 9 nitrogen and oxygen atoms in total. The minimum Gasteiger partial charge on any atom is -0.484 e. The number of alkyl halides is 6. The van der Waals surface area contributed by atoms with E-state index in [1.807, 2.05) is 5.32 Å². The van der Waals surface area contributed by atoms with Gasteiger partial charge in [-0.2, -0.15) is 26.3 Å². The third-order valence-corrected chi connectivity index (χ3v) is 7.41. The lowest BCUT2D eigenvalue weighted by atomic mass is 10.1. The van der Waals surface area contributed by atoms with Crippen molar-refractivity contribution in [3.05, 3.63) is 48.3 Å². The highest BCUT2D eigenvalue weighted by molar-refractivity contribution is 7.92. The molecule has 1 aliphatic heterocycles. The molecule has 2 aromatic rings. The van der Waals surface area contributed by atoms with E-state index in [4.69, 9.17) is 4.74 Å². The first-order valence-corrected chi connectivity index (χ1v) is 12.7. The Bertz CT molecular complexity index is 1380. The maximum absolute atomic E-state index is 13.8. The van der Waals surface area contributed by atoms with Gasteiger partial charge in [-0.1, -0.05) is 0 Å². The fourth-order valence-corrected chi connectivity index (χ4v) is 5.00. The van der Waals surface area contributed by atoms with Crippen LogP contribution in [0.15, 0.2) is 47.4 Å². The largest absolute Gasteiger partial charge is 0.484 e. The minimum absolute atomic E-state index is 0.294. The van der Waals surface area contributed by atoms with Crippen LogP contribution in [0.25, 0.3) is 0 Å². The highest BCUT2D eigenvalue weighted by atomic mass is 32.2. The van der Waals surface area contributed by atoms with E-state index in [1.54, 1.807) is 5.32 Å². The SMILES string of the molecule is CC(=O)N[C@H]([C@H]1CN(S(=O)(=O)c2ccc(F)cc2)c2cc(NC(=O)OC(C)(C)C(F)(F)F)ccc2O1)C(F)(F)F. The smallest absolute Gasteiger partial charge is 0.427 e. The third-order valence-electron chi connectivity index (χ3n) is 5.61. The van der Waals surface area contributed by atoms with Crippen LogP contribution in [0.4, 0.5) is 46.9 Å². The zero-order chi connectivity index (χ0) is 30.3. The zero-order valence-corrected chi connectivity index (χ0v) is 21.7. The quantitative estimate of drug-likeness (QED) is 0.463. The lowest BCUT2D eigenvalue weighted by molar-refractivity contribution is -0.242. The average molecular weight is 601 g/mol. The number of fused-ring (bicyclic) bond motifs is 1. The van der Waals surface area contributed by atoms with Gasteiger partial charge < -0.3 is 14.8 Å². The number of amides is 2. The van der Waals surface area contributed by atoms with Crippen LogP contribution in [0.5, 0.6) is 5.75 Å². The second kappa shape index (κ2) is 10.7. The van der Waals surface area contributed by atoms with Gasteiger partial charge in [-0.25, -0.2) is 17.6 Å². The first-order valence-electron chi connectivity index (χ1n) is 11.2. The molecule has 2 atom stereocenters. The van der Waals surface area contributed by atoms with Gasteiger partial charge in [-0.05, 0) is 56.3 Å². The topological polar surface area (TPSA) is 114 Å². The Kier molecular flexibility index (Phi) is 8.21. The second-order valence-corrected chi connectivity index (χ2v) is 10.9. The molecule has 17 heteroatoms. The normalized spacial score (nSPS) is 16.9. The summed E-state index contributed by atoms with van der Waals surface area (Å²) in [5, 5.41) is 3.68. The summed E-state index contributed by atoms with van der Waals surface area (Å²) in [5.41, 5.74) is -3.59. The molecule has 0 bridgehead atoms. The predicted molar refractivity (Wildman–Crippen MR) is 126 cm³/mol. The molecule has 40 heavy (non-hydrogen) atoms. The monoisotopic (exact) mass is 601 g/mol. The number of carbonyl (C=O) groups excluding carboxylic acids is 2. The summed E-state index contributed by atoms with van der Waals surface area (Å²) in [6.07, 6.45) is -13.6. The molecule has 0 fully saturated rings. The van der Waals surface area contributed by atoms with E-state index in [0.29, 0.717) is 18.2 Å². The average Bonchev–Trinajstić information content (AvgIpc) is 2.80. The van der Waals surface area contributed by atoms with E-state index < -0.39 is 80.8 Å². The Labute approximate surface area is 223 Å². The number of nitrogens with one attached hydrogen (secondary N) is 2. The van der Waals surface area contributed by atoms with Crippen LogP contribution in [-0.4, -0.2) is 57.1 Å². The Morgan fingerprint density at radius 3 is 2.17 bits per heavy atom. The van der Waals surface area contributed by atoms with Gasteiger partial charge in [0.15, 0.2) is 6.04 Å². The number of benzene rings is 2. The Hall–Kier alpha value is -3.76. The molecular formula is C23H22F7N3O6S. The molecule has 2 N–H and O–H groups in total. The Morgan fingerprint density at radius 2 is 1.65 bits per heavy atom. The van der Waals surface area contributed by atoms with Crippen LogP contribution in [0.1, 0.15) is 20.8 Å². The van der Waals surface area contributed by atoms with Crippen molar-refractivity contribution in [1.29, 1.82) is 0 Å². The van der Waals surface area contributed by atoms with Crippen molar-refractivity contribution in [3.8, 4) is 5.75 Å². The van der Waals surface area contributed by atoms with Gasteiger partial charge >= 0.3 is 18.4 Å². The summed E-state index contributed by atoms with van der Waals surface area (Å²) in [7, 11) is -4.71. The third kappa shape index (κ3) is 6.68. The molecule has 1 aliphatic rings. The number of rotatable bonds is 6. The lowest BCUT2D eigenvalue weighted by Crippen LogP contribution is -2.59. The number of carbonyl (C=O) groups is 2. The first-order chi connectivity index (χ1) is 18.2. The van der Waals surface area contributed by atoms with Crippen molar-refractivity contribution in [2.24, 2.45) is 0 Å². The number of hydrogen-bond acceptors (Lipinski definition) is 6. The summed E-state index contributed by atoms with van der Waals surface area (Å²) in [6, 6.07) is 3.60. The van der Waals surface area contributed by atoms with Gasteiger partial charge in [-0.3, -0.25) is 14.4 Å². The standard InChI is InChI=1S/C23H22F7N3O6S/c1-12(34)31-19(22(25,26)27)18-11-33(40(36,37)15-7-4-13(24)5-8-15)16-10-14(6-9-17(16)38-18)32-20(35)39-21(2,3)23(28,29)30/h4-10,18-19H,11H2,1-3H3,(H,31,34)(H,32,35)/t18-,19-/m1/s1.